The van der Waals surface area contributed by atoms with Crippen molar-refractivity contribution in [2.75, 3.05) is 17.3 Å². The molecule has 74 valence electrons. The highest BCUT2D eigenvalue weighted by atomic mass is 35.5. The van der Waals surface area contributed by atoms with Gasteiger partial charge in [-0.2, -0.15) is 0 Å². The van der Waals surface area contributed by atoms with Crippen LogP contribution in [0.25, 0.3) is 0 Å². The van der Waals surface area contributed by atoms with Gasteiger partial charge in [-0.15, -0.1) is 18.2 Å². The van der Waals surface area contributed by atoms with Gasteiger partial charge in [0, 0.05) is 12.2 Å². The van der Waals surface area contributed by atoms with Gasteiger partial charge in [-0.05, 0) is 12.1 Å². The molecule has 0 bridgehead atoms. The lowest BCUT2D eigenvalue weighted by Gasteiger charge is -2.19. The second-order valence-corrected chi connectivity index (χ2v) is 3.03. The fourth-order valence-corrected chi connectivity index (χ4v) is 1.30. The Bertz CT molecular complexity index is 310. The fraction of sp³-hybridized carbons (Fsp3) is 0.182. The van der Waals surface area contributed by atoms with Crippen LogP contribution in [0.15, 0.2) is 43.0 Å². The fourth-order valence-electron chi connectivity index (χ4n) is 1.16. The first-order chi connectivity index (χ1) is 6.79. The first kappa shape index (κ1) is 10.8. The zero-order valence-electron chi connectivity index (χ0n) is 7.82. The van der Waals surface area contributed by atoms with Crippen LogP contribution in [0.4, 0.5) is 5.69 Å². The number of nitrogens with zero attached hydrogens (tertiary/aromatic N) is 1. The molecule has 1 amide bonds. The summed E-state index contributed by atoms with van der Waals surface area (Å²) in [5, 5.41) is 0. The summed E-state index contributed by atoms with van der Waals surface area (Å²) < 4.78 is 0. The van der Waals surface area contributed by atoms with Crippen molar-refractivity contribution in [3.63, 3.8) is 0 Å². The topological polar surface area (TPSA) is 20.3 Å². The lowest BCUT2D eigenvalue weighted by atomic mass is 10.3. The van der Waals surface area contributed by atoms with E-state index in [9.17, 15) is 4.79 Å². The molecule has 0 fully saturated rings. The molecule has 1 aromatic rings. The first-order valence-electron chi connectivity index (χ1n) is 4.32. The third-order valence-corrected chi connectivity index (χ3v) is 2.02. The molecule has 1 rings (SSSR count). The maximum Gasteiger partial charge on any atom is 0.242 e. The zero-order chi connectivity index (χ0) is 10.4. The Kier molecular flexibility index (Phi) is 4.20. The van der Waals surface area contributed by atoms with E-state index in [1.807, 2.05) is 30.3 Å². The standard InChI is InChI=1S/C11H12ClNO/c1-2-8-13(11(14)9-12)10-6-4-3-5-7-10/h2-7H,1,8-9H2. The summed E-state index contributed by atoms with van der Waals surface area (Å²) >= 11 is 5.51. The molecule has 0 spiro atoms. The van der Waals surface area contributed by atoms with Crippen LogP contribution in [0.5, 0.6) is 0 Å². The molecule has 0 unspecified atom stereocenters. The quantitative estimate of drug-likeness (QED) is 0.551. The smallest absolute Gasteiger partial charge is 0.242 e. The summed E-state index contributed by atoms with van der Waals surface area (Å²) in [7, 11) is 0. The lowest BCUT2D eigenvalue weighted by Crippen LogP contribution is -2.31. The van der Waals surface area contributed by atoms with Crippen LogP contribution >= 0.6 is 11.6 Å². The van der Waals surface area contributed by atoms with E-state index in [0.717, 1.165) is 5.69 Å². The summed E-state index contributed by atoms with van der Waals surface area (Å²) in [6, 6.07) is 9.41. The Morgan fingerprint density at radius 3 is 2.57 bits per heavy atom. The van der Waals surface area contributed by atoms with Gasteiger partial charge in [-0.3, -0.25) is 4.79 Å². The molecular weight excluding hydrogens is 198 g/mol. The molecule has 0 aliphatic rings. The van der Waals surface area contributed by atoms with E-state index in [0.29, 0.717) is 6.54 Å². The summed E-state index contributed by atoms with van der Waals surface area (Å²) in [5.74, 6) is -0.124. The average Bonchev–Trinajstić information content (AvgIpc) is 2.26. The van der Waals surface area contributed by atoms with Crippen LogP contribution < -0.4 is 4.90 Å². The first-order valence-corrected chi connectivity index (χ1v) is 4.85. The van der Waals surface area contributed by atoms with Crippen molar-refractivity contribution >= 4 is 23.2 Å². The number of amides is 1. The number of carbonyl (C=O) groups excluding carboxylic acids is 1. The van der Waals surface area contributed by atoms with Gasteiger partial charge in [-0.1, -0.05) is 24.3 Å². The zero-order valence-corrected chi connectivity index (χ0v) is 8.57. The van der Waals surface area contributed by atoms with Crippen LogP contribution in [-0.2, 0) is 4.79 Å². The number of hydrogen-bond acceptors (Lipinski definition) is 1. The maximum absolute atomic E-state index is 11.4. The van der Waals surface area contributed by atoms with E-state index in [1.54, 1.807) is 11.0 Å². The third-order valence-electron chi connectivity index (χ3n) is 1.79. The monoisotopic (exact) mass is 209 g/mol. The Labute approximate surface area is 88.8 Å². The number of hydrogen-bond donors (Lipinski definition) is 0. The highest BCUT2D eigenvalue weighted by molar-refractivity contribution is 6.29. The van der Waals surface area contributed by atoms with Crippen molar-refractivity contribution in [3.8, 4) is 0 Å². The molecule has 0 heterocycles. The number of para-hydroxylation sites is 1. The molecule has 0 atom stereocenters. The number of rotatable bonds is 4. The van der Waals surface area contributed by atoms with E-state index >= 15 is 0 Å². The van der Waals surface area contributed by atoms with Crippen molar-refractivity contribution in [3.05, 3.63) is 43.0 Å². The van der Waals surface area contributed by atoms with Gasteiger partial charge in [0.15, 0.2) is 0 Å². The van der Waals surface area contributed by atoms with Crippen LogP contribution in [0, 0.1) is 0 Å². The number of carbonyl (C=O) groups is 1. The van der Waals surface area contributed by atoms with Crippen LogP contribution in [-0.4, -0.2) is 18.3 Å². The number of benzene rings is 1. The predicted octanol–water partition coefficient (Wildman–Crippen LogP) is 2.44. The largest absolute Gasteiger partial charge is 0.308 e. The molecule has 0 aromatic heterocycles. The van der Waals surface area contributed by atoms with E-state index in [1.165, 1.54) is 0 Å². The van der Waals surface area contributed by atoms with E-state index < -0.39 is 0 Å². The van der Waals surface area contributed by atoms with Crippen molar-refractivity contribution < 1.29 is 4.79 Å². The summed E-state index contributed by atoms with van der Waals surface area (Å²) in [4.78, 5) is 13.0. The Balaban J connectivity index is 2.88. The minimum Gasteiger partial charge on any atom is -0.308 e. The third kappa shape index (κ3) is 2.60. The second kappa shape index (κ2) is 5.45. The summed E-state index contributed by atoms with van der Waals surface area (Å²) in [6.07, 6.45) is 1.68. The van der Waals surface area contributed by atoms with Crippen molar-refractivity contribution in [2.45, 2.75) is 0 Å². The molecule has 0 radical (unpaired) electrons. The molecular formula is C11H12ClNO. The normalized spacial score (nSPS) is 9.50. The average molecular weight is 210 g/mol. The van der Waals surface area contributed by atoms with Crippen molar-refractivity contribution in [2.24, 2.45) is 0 Å². The minimum atomic E-state index is -0.113. The number of anilines is 1. The van der Waals surface area contributed by atoms with Gasteiger partial charge < -0.3 is 4.90 Å². The molecule has 0 aliphatic carbocycles. The lowest BCUT2D eigenvalue weighted by molar-refractivity contribution is -0.116. The Morgan fingerprint density at radius 2 is 2.07 bits per heavy atom. The van der Waals surface area contributed by atoms with Gasteiger partial charge in [0.05, 0.1) is 0 Å². The summed E-state index contributed by atoms with van der Waals surface area (Å²) in [6.45, 7) is 4.09. The molecule has 0 N–H and O–H groups in total. The Morgan fingerprint density at radius 1 is 1.43 bits per heavy atom. The van der Waals surface area contributed by atoms with Gasteiger partial charge in [0.2, 0.25) is 5.91 Å². The highest BCUT2D eigenvalue weighted by Crippen LogP contribution is 2.13. The van der Waals surface area contributed by atoms with Gasteiger partial charge in [0.1, 0.15) is 5.88 Å². The number of alkyl halides is 1. The molecule has 14 heavy (non-hydrogen) atoms. The van der Waals surface area contributed by atoms with Crippen molar-refractivity contribution in [1.29, 1.82) is 0 Å². The van der Waals surface area contributed by atoms with E-state index in [-0.39, 0.29) is 11.8 Å². The van der Waals surface area contributed by atoms with E-state index in [2.05, 4.69) is 6.58 Å². The van der Waals surface area contributed by atoms with Gasteiger partial charge in [-0.25, -0.2) is 0 Å². The van der Waals surface area contributed by atoms with Gasteiger partial charge >= 0.3 is 0 Å². The molecule has 0 saturated heterocycles. The Hall–Kier alpha value is -1.28. The second-order valence-electron chi connectivity index (χ2n) is 2.76. The van der Waals surface area contributed by atoms with Crippen LogP contribution in [0.1, 0.15) is 0 Å². The summed E-state index contributed by atoms with van der Waals surface area (Å²) in [5.41, 5.74) is 0.845. The van der Waals surface area contributed by atoms with Crippen LogP contribution in [0.3, 0.4) is 0 Å². The number of halogens is 1. The predicted molar refractivity (Wildman–Crippen MR) is 59.7 cm³/mol. The molecule has 2 nitrogen and oxygen atoms in total. The molecule has 0 aliphatic heterocycles. The highest BCUT2D eigenvalue weighted by Gasteiger charge is 2.11. The molecule has 0 saturated carbocycles. The molecule has 3 heteroatoms. The van der Waals surface area contributed by atoms with Crippen molar-refractivity contribution in [1.82, 2.24) is 0 Å². The maximum atomic E-state index is 11.4. The van der Waals surface area contributed by atoms with E-state index in [4.69, 9.17) is 11.6 Å². The molecule has 1 aromatic carbocycles. The van der Waals surface area contributed by atoms with Crippen LogP contribution in [0.2, 0.25) is 0 Å². The minimum absolute atomic E-state index is 0.0112. The SMILES string of the molecule is C=CCN(C(=O)CCl)c1ccccc1. The van der Waals surface area contributed by atoms with Gasteiger partial charge in [0.25, 0.3) is 0 Å².